The zero-order chi connectivity index (χ0) is 26.2. The van der Waals surface area contributed by atoms with Crippen molar-refractivity contribution < 1.29 is 0 Å². The maximum Gasteiger partial charge on any atom is 0.331 e. The molecule has 0 aliphatic rings. The highest BCUT2D eigenvalue weighted by molar-refractivity contribution is 5.98. The minimum Gasteiger partial charge on any atom is -0.373 e. The first kappa shape index (κ1) is 23.4. The standard InChI is InChI=1S/C30H27N7O/c1-34(21-9-7-14-32-18-21)15-8-16-36-19-24(22-10-3-6-13-27(22)36)29-25(17-31)33-30(38)37(29)28-20-35(2)26-12-5-4-11-23(26)28/h3-7,9-14,18-20H,8,15-16H2,1-2H3,(H,33,38). The second kappa shape index (κ2) is 9.45. The Kier molecular flexibility index (Phi) is 5.81. The fourth-order valence-electron chi connectivity index (χ4n) is 5.31. The highest BCUT2D eigenvalue weighted by Gasteiger charge is 2.23. The molecule has 0 unspecified atom stereocenters. The number of hydrogen-bond acceptors (Lipinski definition) is 4. The molecular formula is C30H27N7O. The molecular weight excluding hydrogens is 474 g/mol. The monoisotopic (exact) mass is 501 g/mol. The summed E-state index contributed by atoms with van der Waals surface area (Å²) in [7, 11) is 4.03. The summed E-state index contributed by atoms with van der Waals surface area (Å²) in [5, 5.41) is 12.0. The van der Waals surface area contributed by atoms with Gasteiger partial charge in [-0.25, -0.2) is 4.79 Å². The Labute approximate surface area is 219 Å². The van der Waals surface area contributed by atoms with Crippen molar-refractivity contribution in [3.63, 3.8) is 0 Å². The van der Waals surface area contributed by atoms with Crippen LogP contribution in [0.4, 0.5) is 5.69 Å². The number of imidazole rings is 1. The van der Waals surface area contributed by atoms with Crippen LogP contribution in [0.5, 0.6) is 0 Å². The average Bonchev–Trinajstić information content (AvgIpc) is 3.59. The molecule has 0 radical (unpaired) electrons. The molecule has 0 saturated carbocycles. The fourth-order valence-corrected chi connectivity index (χ4v) is 5.31. The smallest absolute Gasteiger partial charge is 0.331 e. The number of H-pyrrole nitrogens is 1. The predicted octanol–water partition coefficient (Wildman–Crippen LogP) is 5.07. The number of nitrogens with zero attached hydrogens (tertiary/aromatic N) is 6. The van der Waals surface area contributed by atoms with E-state index in [9.17, 15) is 10.1 Å². The van der Waals surface area contributed by atoms with E-state index in [1.54, 1.807) is 10.8 Å². The van der Waals surface area contributed by atoms with Crippen LogP contribution >= 0.6 is 0 Å². The summed E-state index contributed by atoms with van der Waals surface area (Å²) in [6.45, 7) is 1.65. The number of aromatic nitrogens is 5. The van der Waals surface area contributed by atoms with E-state index in [1.165, 1.54) is 0 Å². The lowest BCUT2D eigenvalue weighted by atomic mass is 10.1. The van der Waals surface area contributed by atoms with Gasteiger partial charge in [0.05, 0.1) is 23.3 Å². The van der Waals surface area contributed by atoms with Crippen LogP contribution in [0.3, 0.4) is 0 Å². The van der Waals surface area contributed by atoms with Crippen molar-refractivity contribution in [2.75, 3.05) is 18.5 Å². The van der Waals surface area contributed by atoms with Crippen LogP contribution in [0.15, 0.2) is 90.2 Å². The summed E-state index contributed by atoms with van der Waals surface area (Å²) in [5.41, 5.74) is 5.26. The van der Waals surface area contributed by atoms with E-state index in [1.807, 2.05) is 66.5 Å². The zero-order valence-electron chi connectivity index (χ0n) is 21.3. The first-order valence-corrected chi connectivity index (χ1v) is 12.6. The lowest BCUT2D eigenvalue weighted by Crippen LogP contribution is -2.19. The molecule has 0 spiro atoms. The molecule has 1 N–H and O–H groups in total. The Hall–Kier alpha value is -5.03. The molecule has 0 aliphatic carbocycles. The number of nitrogens with one attached hydrogen (secondary N) is 1. The normalized spacial score (nSPS) is 11.3. The van der Waals surface area contributed by atoms with Gasteiger partial charge in [-0.05, 0) is 30.7 Å². The number of rotatable bonds is 7. The Morgan fingerprint density at radius 1 is 1.00 bits per heavy atom. The summed E-state index contributed by atoms with van der Waals surface area (Å²) in [4.78, 5) is 22.5. The molecule has 6 aromatic rings. The van der Waals surface area contributed by atoms with Gasteiger partial charge in [0.25, 0.3) is 0 Å². The molecule has 0 atom stereocenters. The van der Waals surface area contributed by atoms with Crippen LogP contribution in [0.1, 0.15) is 12.1 Å². The third kappa shape index (κ3) is 3.85. The number of aryl methyl sites for hydroxylation is 2. The number of fused-ring (bicyclic) bond motifs is 2. The second-order valence-corrected chi connectivity index (χ2v) is 9.48. The topological polar surface area (TPSA) is 87.6 Å². The van der Waals surface area contributed by atoms with Gasteiger partial charge in [0, 0.05) is 73.1 Å². The Morgan fingerprint density at radius 3 is 2.53 bits per heavy atom. The number of hydrogen-bond donors (Lipinski definition) is 1. The molecule has 8 heteroatoms. The van der Waals surface area contributed by atoms with Gasteiger partial charge >= 0.3 is 5.69 Å². The lowest BCUT2D eigenvalue weighted by Gasteiger charge is -2.18. The largest absolute Gasteiger partial charge is 0.373 e. The molecule has 0 aliphatic heterocycles. The Morgan fingerprint density at radius 2 is 1.76 bits per heavy atom. The quantitative estimate of drug-likeness (QED) is 0.331. The van der Waals surface area contributed by atoms with Gasteiger partial charge in [-0.15, -0.1) is 0 Å². The van der Waals surface area contributed by atoms with Crippen LogP contribution in [0, 0.1) is 11.3 Å². The average molecular weight is 502 g/mol. The SMILES string of the molecule is CN(CCCn1cc(-c2c(C#N)[nH]c(=O)n2-c2cn(C)c3ccccc23)c2ccccc21)c1cccnc1. The van der Waals surface area contributed by atoms with Crippen molar-refractivity contribution in [1.82, 2.24) is 23.7 Å². The van der Waals surface area contributed by atoms with Gasteiger partial charge in [-0.1, -0.05) is 36.4 Å². The maximum absolute atomic E-state index is 13.3. The Bertz CT molecular complexity index is 1860. The fraction of sp³-hybridized carbons (Fsp3) is 0.167. The number of benzene rings is 2. The second-order valence-electron chi connectivity index (χ2n) is 9.48. The molecule has 0 amide bonds. The predicted molar refractivity (Wildman–Crippen MR) is 151 cm³/mol. The van der Waals surface area contributed by atoms with Gasteiger partial charge < -0.3 is 14.0 Å². The molecule has 38 heavy (non-hydrogen) atoms. The van der Waals surface area contributed by atoms with Gasteiger partial charge in [-0.2, -0.15) is 5.26 Å². The molecule has 188 valence electrons. The number of anilines is 1. The number of pyridine rings is 1. The number of para-hydroxylation sites is 2. The van der Waals surface area contributed by atoms with Crippen LogP contribution in [-0.2, 0) is 13.6 Å². The van der Waals surface area contributed by atoms with Crippen molar-refractivity contribution >= 4 is 27.5 Å². The van der Waals surface area contributed by atoms with Crippen molar-refractivity contribution in [3.8, 4) is 23.0 Å². The lowest BCUT2D eigenvalue weighted by molar-refractivity contribution is 0.656. The maximum atomic E-state index is 13.3. The van der Waals surface area contributed by atoms with Crippen LogP contribution < -0.4 is 10.6 Å². The van der Waals surface area contributed by atoms with E-state index in [4.69, 9.17) is 0 Å². The van der Waals surface area contributed by atoms with Crippen molar-refractivity contribution in [3.05, 3.63) is 102 Å². The molecule has 4 aromatic heterocycles. The molecule has 0 fully saturated rings. The van der Waals surface area contributed by atoms with Crippen LogP contribution in [0.25, 0.3) is 38.8 Å². The van der Waals surface area contributed by atoms with E-state index in [0.717, 1.165) is 58.3 Å². The molecule has 4 heterocycles. The van der Waals surface area contributed by atoms with Crippen LogP contribution in [0.2, 0.25) is 0 Å². The van der Waals surface area contributed by atoms with E-state index >= 15 is 0 Å². The van der Waals surface area contributed by atoms with Crippen molar-refractivity contribution in [2.24, 2.45) is 7.05 Å². The van der Waals surface area contributed by atoms with E-state index < -0.39 is 0 Å². The Balaban J connectivity index is 1.44. The minimum absolute atomic E-state index is 0.252. The van der Waals surface area contributed by atoms with Crippen LogP contribution in [-0.4, -0.2) is 37.3 Å². The zero-order valence-corrected chi connectivity index (χ0v) is 21.3. The summed E-state index contributed by atoms with van der Waals surface area (Å²) >= 11 is 0. The molecule has 0 bridgehead atoms. The van der Waals surface area contributed by atoms with Crippen molar-refractivity contribution in [2.45, 2.75) is 13.0 Å². The van der Waals surface area contributed by atoms with Gasteiger partial charge in [0.15, 0.2) is 0 Å². The molecule has 2 aromatic carbocycles. The first-order chi connectivity index (χ1) is 18.6. The highest BCUT2D eigenvalue weighted by atomic mass is 16.1. The third-order valence-electron chi connectivity index (χ3n) is 7.15. The molecule has 6 rings (SSSR count). The van der Waals surface area contributed by atoms with E-state index in [0.29, 0.717) is 5.69 Å². The third-order valence-corrected chi connectivity index (χ3v) is 7.15. The van der Waals surface area contributed by atoms with E-state index in [2.05, 4.69) is 56.9 Å². The van der Waals surface area contributed by atoms with Gasteiger partial charge in [0.2, 0.25) is 0 Å². The van der Waals surface area contributed by atoms with Crippen molar-refractivity contribution in [1.29, 1.82) is 5.26 Å². The summed E-state index contributed by atoms with van der Waals surface area (Å²) < 4.78 is 5.86. The first-order valence-electron chi connectivity index (χ1n) is 12.6. The highest BCUT2D eigenvalue weighted by Crippen LogP contribution is 2.35. The minimum atomic E-state index is -0.331. The summed E-state index contributed by atoms with van der Waals surface area (Å²) in [6.07, 6.45) is 8.57. The summed E-state index contributed by atoms with van der Waals surface area (Å²) in [6, 6.07) is 22.3. The van der Waals surface area contributed by atoms with Gasteiger partial charge in [-0.3, -0.25) is 14.5 Å². The molecule has 8 nitrogen and oxygen atoms in total. The molecule has 0 saturated heterocycles. The number of nitriles is 1. The summed E-state index contributed by atoms with van der Waals surface area (Å²) in [5.74, 6) is 0. The van der Waals surface area contributed by atoms with E-state index in [-0.39, 0.29) is 11.4 Å². The number of aromatic amines is 1. The van der Waals surface area contributed by atoms with Gasteiger partial charge in [0.1, 0.15) is 11.8 Å².